The van der Waals surface area contributed by atoms with Crippen LogP contribution in [0.1, 0.15) is 31.2 Å². The molecule has 0 unspecified atom stereocenters. The standard InChI is InChI=1S/C22H25N5O2/c1-26(2)22(16-6-4-3-5-7-16)12-10-21(11-13-22)15-27(20(28)23-21)17-8-9-18-19(14-17)25-29-24-18/h3-9,14H,10-13,15H2,1-2H3,(H,23,28)/t21-,22-. The molecule has 0 radical (unpaired) electrons. The first-order valence-electron chi connectivity index (χ1n) is 10.1. The second-order valence-corrected chi connectivity index (χ2v) is 8.53. The zero-order valence-electron chi connectivity index (χ0n) is 16.8. The number of urea groups is 1. The van der Waals surface area contributed by atoms with E-state index in [9.17, 15) is 4.79 Å². The van der Waals surface area contributed by atoms with Gasteiger partial charge in [-0.2, -0.15) is 0 Å². The number of hydrogen-bond acceptors (Lipinski definition) is 5. The third-order valence-corrected chi connectivity index (χ3v) is 6.83. The highest BCUT2D eigenvalue weighted by molar-refractivity contribution is 5.97. The van der Waals surface area contributed by atoms with Crippen LogP contribution in [0.5, 0.6) is 0 Å². The molecule has 7 heteroatoms. The Morgan fingerprint density at radius 3 is 2.45 bits per heavy atom. The van der Waals surface area contributed by atoms with Crippen LogP contribution in [0, 0.1) is 0 Å². The Bertz CT molecular complexity index is 1040. The van der Waals surface area contributed by atoms with Gasteiger partial charge in [0.15, 0.2) is 0 Å². The third-order valence-electron chi connectivity index (χ3n) is 6.83. The molecule has 0 bridgehead atoms. The Labute approximate surface area is 169 Å². The summed E-state index contributed by atoms with van der Waals surface area (Å²) in [5.41, 5.74) is 3.35. The molecular formula is C22H25N5O2. The average Bonchev–Trinajstić information content (AvgIpc) is 3.33. The van der Waals surface area contributed by atoms with Gasteiger partial charge in [0.2, 0.25) is 0 Å². The first kappa shape index (κ1) is 18.1. The number of nitrogens with zero attached hydrogens (tertiary/aromatic N) is 4. The van der Waals surface area contributed by atoms with Gasteiger partial charge >= 0.3 is 6.03 Å². The quantitative estimate of drug-likeness (QED) is 0.739. The van der Waals surface area contributed by atoms with Gasteiger partial charge < -0.3 is 5.32 Å². The molecule has 3 aromatic rings. The zero-order chi connectivity index (χ0) is 20.1. The summed E-state index contributed by atoms with van der Waals surface area (Å²) in [7, 11) is 4.32. The van der Waals surface area contributed by atoms with E-state index in [-0.39, 0.29) is 17.1 Å². The summed E-state index contributed by atoms with van der Waals surface area (Å²) in [6.07, 6.45) is 3.89. The first-order chi connectivity index (χ1) is 14.0. The number of hydrogen-bond donors (Lipinski definition) is 1. The molecular weight excluding hydrogens is 366 g/mol. The van der Waals surface area contributed by atoms with Crippen LogP contribution >= 0.6 is 0 Å². The maximum atomic E-state index is 12.8. The van der Waals surface area contributed by atoms with Crippen LogP contribution in [0.4, 0.5) is 10.5 Å². The molecule has 29 heavy (non-hydrogen) atoms. The van der Waals surface area contributed by atoms with Crippen LogP contribution in [0.15, 0.2) is 53.2 Å². The molecule has 5 rings (SSSR count). The van der Waals surface area contributed by atoms with Crippen LogP contribution in [0.3, 0.4) is 0 Å². The van der Waals surface area contributed by atoms with E-state index in [4.69, 9.17) is 4.63 Å². The lowest BCUT2D eigenvalue weighted by Crippen LogP contribution is -2.54. The van der Waals surface area contributed by atoms with E-state index in [0.29, 0.717) is 17.6 Å². The molecule has 2 amide bonds. The average molecular weight is 391 g/mol. The maximum absolute atomic E-state index is 12.8. The minimum absolute atomic E-state index is 0.00987. The number of carbonyl (C=O) groups excluding carboxylic acids is 1. The van der Waals surface area contributed by atoms with Crippen molar-refractivity contribution < 1.29 is 9.42 Å². The molecule has 1 aromatic heterocycles. The van der Waals surface area contributed by atoms with Crippen molar-refractivity contribution in [2.45, 2.75) is 36.8 Å². The summed E-state index contributed by atoms with van der Waals surface area (Å²) in [6.45, 7) is 0.668. The van der Waals surface area contributed by atoms with Crippen molar-refractivity contribution in [1.82, 2.24) is 20.5 Å². The van der Waals surface area contributed by atoms with Crippen LogP contribution < -0.4 is 10.2 Å². The molecule has 0 atom stereocenters. The largest absolute Gasteiger partial charge is 0.330 e. The Balaban J connectivity index is 1.38. The SMILES string of the molecule is CN(C)[C@]1(c2ccccc2)CC[C@@]2(CC1)CN(c1ccc3nonc3c1)C(=O)N2. The number of amides is 2. The smallest absolute Gasteiger partial charge is 0.322 e. The lowest BCUT2D eigenvalue weighted by molar-refractivity contribution is 0.0658. The molecule has 1 saturated heterocycles. The Hall–Kier alpha value is -2.93. The zero-order valence-corrected chi connectivity index (χ0v) is 16.8. The lowest BCUT2D eigenvalue weighted by atomic mass is 9.69. The fourth-order valence-corrected chi connectivity index (χ4v) is 5.02. The predicted molar refractivity (Wildman–Crippen MR) is 111 cm³/mol. The van der Waals surface area contributed by atoms with E-state index in [1.165, 1.54) is 5.56 Å². The van der Waals surface area contributed by atoms with Crippen LogP contribution in [0.25, 0.3) is 11.0 Å². The van der Waals surface area contributed by atoms with Crippen molar-refractivity contribution in [3.8, 4) is 0 Å². The summed E-state index contributed by atoms with van der Waals surface area (Å²) in [5, 5.41) is 11.0. The summed E-state index contributed by atoms with van der Waals surface area (Å²) in [5.74, 6) is 0. The number of fused-ring (bicyclic) bond motifs is 1. The molecule has 2 aliphatic rings. The number of benzene rings is 2. The van der Waals surface area contributed by atoms with E-state index in [1.807, 2.05) is 23.1 Å². The van der Waals surface area contributed by atoms with E-state index < -0.39 is 0 Å². The fourth-order valence-electron chi connectivity index (χ4n) is 5.02. The second kappa shape index (κ2) is 6.56. The molecule has 2 heterocycles. The highest BCUT2D eigenvalue weighted by atomic mass is 16.6. The molecule has 1 aliphatic heterocycles. The molecule has 1 N–H and O–H groups in total. The van der Waals surface area contributed by atoms with Gasteiger partial charge in [0.1, 0.15) is 11.0 Å². The predicted octanol–water partition coefficient (Wildman–Crippen LogP) is 3.52. The summed E-state index contributed by atoms with van der Waals surface area (Å²) < 4.78 is 4.78. The van der Waals surface area contributed by atoms with E-state index >= 15 is 0 Å². The summed E-state index contributed by atoms with van der Waals surface area (Å²) in [6, 6.07) is 16.3. The van der Waals surface area contributed by atoms with Gasteiger partial charge in [-0.3, -0.25) is 9.80 Å². The monoisotopic (exact) mass is 391 g/mol. The molecule has 1 saturated carbocycles. The van der Waals surface area contributed by atoms with Crippen molar-refractivity contribution in [3.05, 3.63) is 54.1 Å². The Kier molecular flexibility index (Phi) is 4.10. The van der Waals surface area contributed by atoms with Crippen molar-refractivity contribution >= 4 is 22.8 Å². The van der Waals surface area contributed by atoms with E-state index in [1.54, 1.807) is 0 Å². The third kappa shape index (κ3) is 2.88. The molecule has 2 fully saturated rings. The lowest BCUT2D eigenvalue weighted by Gasteiger charge is -2.48. The number of carbonyl (C=O) groups is 1. The highest BCUT2D eigenvalue weighted by Crippen LogP contribution is 2.46. The van der Waals surface area contributed by atoms with E-state index in [2.05, 4.69) is 65.0 Å². The number of rotatable bonds is 3. The van der Waals surface area contributed by atoms with Gasteiger partial charge in [0.25, 0.3) is 0 Å². The first-order valence-corrected chi connectivity index (χ1v) is 10.1. The molecule has 150 valence electrons. The fraction of sp³-hybridized carbons (Fsp3) is 0.409. The summed E-state index contributed by atoms with van der Waals surface area (Å²) in [4.78, 5) is 17.0. The molecule has 2 aromatic carbocycles. The molecule has 1 aliphatic carbocycles. The van der Waals surface area contributed by atoms with E-state index in [0.717, 1.165) is 31.4 Å². The summed E-state index contributed by atoms with van der Waals surface area (Å²) >= 11 is 0. The van der Waals surface area contributed by atoms with Gasteiger partial charge in [-0.25, -0.2) is 9.42 Å². The number of nitrogens with one attached hydrogen (secondary N) is 1. The van der Waals surface area contributed by atoms with Gasteiger partial charge in [-0.1, -0.05) is 30.3 Å². The highest BCUT2D eigenvalue weighted by Gasteiger charge is 2.50. The minimum Gasteiger partial charge on any atom is -0.330 e. The Morgan fingerprint density at radius 1 is 1.00 bits per heavy atom. The number of anilines is 1. The molecule has 1 spiro atoms. The van der Waals surface area contributed by atoms with Gasteiger partial charge in [-0.15, -0.1) is 0 Å². The van der Waals surface area contributed by atoms with Crippen LogP contribution in [-0.4, -0.2) is 47.4 Å². The maximum Gasteiger partial charge on any atom is 0.322 e. The van der Waals surface area contributed by atoms with Crippen LogP contribution in [0.2, 0.25) is 0 Å². The number of aromatic nitrogens is 2. The van der Waals surface area contributed by atoms with Gasteiger partial charge in [-0.05, 0) is 73.9 Å². The van der Waals surface area contributed by atoms with Gasteiger partial charge in [0, 0.05) is 11.2 Å². The molecule has 7 nitrogen and oxygen atoms in total. The van der Waals surface area contributed by atoms with Crippen molar-refractivity contribution in [3.63, 3.8) is 0 Å². The van der Waals surface area contributed by atoms with Gasteiger partial charge in [0.05, 0.1) is 12.1 Å². The van der Waals surface area contributed by atoms with Crippen molar-refractivity contribution in [2.75, 3.05) is 25.5 Å². The normalized spacial score (nSPS) is 27.1. The van der Waals surface area contributed by atoms with Crippen molar-refractivity contribution in [1.29, 1.82) is 0 Å². The second-order valence-electron chi connectivity index (χ2n) is 8.53. The minimum atomic E-state index is -0.192. The Morgan fingerprint density at radius 2 is 1.72 bits per heavy atom. The van der Waals surface area contributed by atoms with Crippen LogP contribution in [-0.2, 0) is 5.54 Å². The topological polar surface area (TPSA) is 74.5 Å². The van der Waals surface area contributed by atoms with Crippen molar-refractivity contribution in [2.24, 2.45) is 0 Å².